The van der Waals surface area contributed by atoms with Gasteiger partial charge in [-0.05, 0) is 25.2 Å². The fraction of sp³-hybridized carbons (Fsp3) is 0.333. The Kier molecular flexibility index (Phi) is 6.11. The molecular weight excluding hydrogens is 290 g/mol. The van der Waals surface area contributed by atoms with Gasteiger partial charge in [0.2, 0.25) is 11.8 Å². The van der Waals surface area contributed by atoms with Gasteiger partial charge in [-0.25, -0.2) is 4.98 Å². The van der Waals surface area contributed by atoms with E-state index in [1.165, 1.54) is 0 Å². The van der Waals surface area contributed by atoms with E-state index in [1.807, 2.05) is 61.3 Å². The molecule has 122 valence electrons. The molecule has 1 aromatic carbocycles. The van der Waals surface area contributed by atoms with Crippen LogP contribution in [0.25, 0.3) is 0 Å². The smallest absolute Gasteiger partial charge is 0.242 e. The molecule has 1 N–H and O–H groups in total. The zero-order valence-electron chi connectivity index (χ0n) is 13.8. The molecule has 0 saturated heterocycles. The minimum absolute atomic E-state index is 0.0357. The van der Waals surface area contributed by atoms with Crippen molar-refractivity contribution in [1.29, 1.82) is 0 Å². The van der Waals surface area contributed by atoms with Gasteiger partial charge >= 0.3 is 0 Å². The quantitative estimate of drug-likeness (QED) is 0.853. The van der Waals surface area contributed by atoms with Gasteiger partial charge in [0.15, 0.2) is 0 Å². The highest BCUT2D eigenvalue weighted by Crippen LogP contribution is 2.20. The van der Waals surface area contributed by atoms with E-state index in [1.54, 1.807) is 13.3 Å². The molecule has 23 heavy (non-hydrogen) atoms. The van der Waals surface area contributed by atoms with Crippen molar-refractivity contribution < 1.29 is 9.53 Å². The summed E-state index contributed by atoms with van der Waals surface area (Å²) in [5.74, 6) is 0.499. The third-order valence-corrected chi connectivity index (χ3v) is 3.80. The van der Waals surface area contributed by atoms with Crippen LogP contribution in [-0.4, -0.2) is 36.5 Å². The van der Waals surface area contributed by atoms with Crippen molar-refractivity contribution in [3.8, 4) is 5.88 Å². The van der Waals surface area contributed by atoms with Gasteiger partial charge in [0.1, 0.15) is 6.04 Å². The minimum Gasteiger partial charge on any atom is -0.481 e. The minimum atomic E-state index is -0.316. The maximum Gasteiger partial charge on any atom is 0.242 e. The van der Waals surface area contributed by atoms with Gasteiger partial charge in [-0.3, -0.25) is 9.69 Å². The second-order valence-corrected chi connectivity index (χ2v) is 5.28. The van der Waals surface area contributed by atoms with Crippen LogP contribution >= 0.6 is 0 Å². The van der Waals surface area contributed by atoms with Crippen molar-refractivity contribution in [3.63, 3.8) is 0 Å². The maximum absolute atomic E-state index is 12.7. The van der Waals surface area contributed by atoms with Crippen molar-refractivity contribution in [3.05, 3.63) is 59.8 Å². The summed E-state index contributed by atoms with van der Waals surface area (Å²) >= 11 is 0. The number of nitrogens with one attached hydrogen (secondary N) is 1. The molecule has 0 saturated carbocycles. The molecule has 1 atom stereocenters. The summed E-state index contributed by atoms with van der Waals surface area (Å²) in [5, 5.41) is 2.99. The Morgan fingerprint density at radius 1 is 1.26 bits per heavy atom. The monoisotopic (exact) mass is 313 g/mol. The van der Waals surface area contributed by atoms with Crippen molar-refractivity contribution in [2.24, 2.45) is 0 Å². The van der Waals surface area contributed by atoms with E-state index in [0.29, 0.717) is 12.4 Å². The molecule has 0 aliphatic heterocycles. The lowest BCUT2D eigenvalue weighted by Crippen LogP contribution is -2.38. The van der Waals surface area contributed by atoms with Crippen LogP contribution < -0.4 is 10.1 Å². The van der Waals surface area contributed by atoms with Crippen molar-refractivity contribution in [2.75, 3.05) is 20.7 Å². The molecule has 1 aromatic heterocycles. The summed E-state index contributed by atoms with van der Waals surface area (Å²) in [6.45, 7) is 3.20. The summed E-state index contributed by atoms with van der Waals surface area (Å²) < 4.78 is 5.22. The second kappa shape index (κ2) is 8.29. The third kappa shape index (κ3) is 4.29. The van der Waals surface area contributed by atoms with Crippen LogP contribution in [0.15, 0.2) is 48.7 Å². The molecule has 5 nitrogen and oxygen atoms in total. The van der Waals surface area contributed by atoms with E-state index in [9.17, 15) is 4.79 Å². The first-order valence-corrected chi connectivity index (χ1v) is 7.68. The zero-order valence-corrected chi connectivity index (χ0v) is 13.8. The number of methoxy groups -OCH3 is 1. The lowest BCUT2D eigenvalue weighted by molar-refractivity contribution is -0.126. The van der Waals surface area contributed by atoms with E-state index in [2.05, 4.69) is 10.3 Å². The number of rotatable bonds is 7. The van der Waals surface area contributed by atoms with Crippen LogP contribution in [0.1, 0.15) is 24.1 Å². The van der Waals surface area contributed by atoms with Crippen molar-refractivity contribution in [2.45, 2.75) is 19.5 Å². The molecule has 0 aliphatic rings. The number of carbonyl (C=O) groups excluding carboxylic acids is 1. The average Bonchev–Trinajstić information content (AvgIpc) is 2.61. The molecule has 1 amide bonds. The fourth-order valence-electron chi connectivity index (χ4n) is 2.45. The molecule has 0 spiro atoms. The largest absolute Gasteiger partial charge is 0.481 e. The second-order valence-electron chi connectivity index (χ2n) is 5.28. The predicted molar refractivity (Wildman–Crippen MR) is 90.1 cm³/mol. The van der Waals surface area contributed by atoms with Gasteiger partial charge in [0.05, 0.1) is 7.11 Å². The summed E-state index contributed by atoms with van der Waals surface area (Å²) in [6, 6.07) is 13.2. The zero-order chi connectivity index (χ0) is 16.7. The van der Waals surface area contributed by atoms with Crippen molar-refractivity contribution in [1.82, 2.24) is 15.2 Å². The lowest BCUT2D eigenvalue weighted by Gasteiger charge is -2.26. The molecule has 2 rings (SSSR count). The van der Waals surface area contributed by atoms with Gasteiger partial charge in [-0.2, -0.15) is 0 Å². The molecule has 2 aromatic rings. The summed E-state index contributed by atoms with van der Waals surface area (Å²) in [7, 11) is 3.52. The highest BCUT2D eigenvalue weighted by molar-refractivity contribution is 5.83. The van der Waals surface area contributed by atoms with Crippen LogP contribution in [0, 0.1) is 0 Å². The van der Waals surface area contributed by atoms with E-state index >= 15 is 0 Å². The molecule has 0 radical (unpaired) electrons. The van der Waals surface area contributed by atoms with Crippen molar-refractivity contribution >= 4 is 5.91 Å². The summed E-state index contributed by atoms with van der Waals surface area (Å²) in [5.41, 5.74) is 1.84. The number of likely N-dealkylation sites (N-methyl/N-ethyl adjacent to an activating group) is 1. The third-order valence-electron chi connectivity index (χ3n) is 3.80. The number of hydrogen-bond donors (Lipinski definition) is 1. The van der Waals surface area contributed by atoms with E-state index in [-0.39, 0.29) is 11.9 Å². The first kappa shape index (κ1) is 17.0. The number of benzene rings is 1. The first-order chi connectivity index (χ1) is 11.2. The van der Waals surface area contributed by atoms with Crippen LogP contribution in [0.5, 0.6) is 5.88 Å². The average molecular weight is 313 g/mol. The standard InChI is InChI=1S/C18H23N3O2/c1-4-21(2)16(14-9-6-5-7-10-14)17(22)20-13-15-11-8-12-19-18(15)23-3/h5-12,16H,4,13H2,1-3H3,(H,20,22). The Balaban J connectivity index is 2.12. The van der Waals surface area contributed by atoms with Gasteiger partial charge < -0.3 is 10.1 Å². The Bertz CT molecular complexity index is 631. The Labute approximate surface area is 137 Å². The maximum atomic E-state index is 12.7. The molecule has 0 fully saturated rings. The molecular formula is C18H23N3O2. The van der Waals surface area contributed by atoms with Crippen LogP contribution in [0.2, 0.25) is 0 Å². The van der Waals surface area contributed by atoms with E-state index in [4.69, 9.17) is 4.74 Å². The fourth-order valence-corrected chi connectivity index (χ4v) is 2.45. The predicted octanol–water partition coefficient (Wildman–Crippen LogP) is 2.40. The number of carbonyl (C=O) groups is 1. The van der Waals surface area contributed by atoms with Crippen LogP contribution in [0.4, 0.5) is 0 Å². The van der Waals surface area contributed by atoms with Gasteiger partial charge in [-0.1, -0.05) is 43.3 Å². The summed E-state index contributed by atoms with van der Waals surface area (Å²) in [6.07, 6.45) is 1.67. The topological polar surface area (TPSA) is 54.5 Å². The molecule has 1 heterocycles. The number of nitrogens with zero attached hydrogens (tertiary/aromatic N) is 2. The molecule has 5 heteroatoms. The van der Waals surface area contributed by atoms with Gasteiger partial charge in [-0.15, -0.1) is 0 Å². The van der Waals surface area contributed by atoms with E-state index < -0.39 is 0 Å². The Morgan fingerprint density at radius 3 is 2.65 bits per heavy atom. The van der Waals surface area contributed by atoms with Gasteiger partial charge in [0, 0.05) is 18.3 Å². The number of pyridine rings is 1. The number of amides is 1. The van der Waals surface area contributed by atoms with Crippen LogP contribution in [0.3, 0.4) is 0 Å². The van der Waals surface area contributed by atoms with E-state index in [0.717, 1.165) is 17.7 Å². The van der Waals surface area contributed by atoms with Crippen LogP contribution in [-0.2, 0) is 11.3 Å². The summed E-state index contributed by atoms with van der Waals surface area (Å²) in [4.78, 5) is 18.9. The number of hydrogen-bond acceptors (Lipinski definition) is 4. The highest BCUT2D eigenvalue weighted by Gasteiger charge is 2.24. The normalized spacial score (nSPS) is 12.0. The molecule has 0 bridgehead atoms. The Morgan fingerprint density at radius 2 is 2.00 bits per heavy atom. The number of ether oxygens (including phenoxy) is 1. The Hall–Kier alpha value is -2.40. The highest BCUT2D eigenvalue weighted by atomic mass is 16.5. The van der Waals surface area contributed by atoms with Gasteiger partial charge in [0.25, 0.3) is 0 Å². The number of aromatic nitrogens is 1. The molecule has 0 aliphatic carbocycles. The first-order valence-electron chi connectivity index (χ1n) is 7.68. The lowest BCUT2D eigenvalue weighted by atomic mass is 10.0. The molecule has 1 unspecified atom stereocenters. The SMILES string of the molecule is CCN(C)C(C(=O)NCc1cccnc1OC)c1ccccc1.